The van der Waals surface area contributed by atoms with Gasteiger partial charge in [-0.05, 0) is 37.2 Å². The number of para-hydroxylation sites is 1. The van der Waals surface area contributed by atoms with E-state index in [2.05, 4.69) is 46.5 Å². The molecule has 2 atom stereocenters. The van der Waals surface area contributed by atoms with E-state index in [4.69, 9.17) is 17.2 Å². The van der Waals surface area contributed by atoms with Gasteiger partial charge in [-0.2, -0.15) is 4.98 Å². The second-order valence-corrected chi connectivity index (χ2v) is 8.71. The first-order chi connectivity index (χ1) is 13.8. The largest absolute Gasteiger partial charge is 0.308 e. The molecule has 1 aliphatic rings. The van der Waals surface area contributed by atoms with Crippen LogP contribution in [0.4, 0.5) is 0 Å². The maximum atomic E-state index is 5.54. The molecule has 5 rings (SSSR count). The van der Waals surface area contributed by atoms with Gasteiger partial charge < -0.3 is 4.90 Å². The molecule has 28 heavy (non-hydrogen) atoms. The van der Waals surface area contributed by atoms with Crippen LogP contribution >= 0.6 is 23.6 Å². The molecule has 1 aliphatic heterocycles. The zero-order valence-electron chi connectivity index (χ0n) is 15.5. The minimum atomic E-state index is 0.413. The molecule has 3 heterocycles. The summed E-state index contributed by atoms with van der Waals surface area (Å²) in [5.74, 6) is 0.832. The number of likely N-dealkylation sites (tertiary alicyclic amines) is 1. The highest BCUT2D eigenvalue weighted by Crippen LogP contribution is 2.28. The van der Waals surface area contributed by atoms with Gasteiger partial charge in [0.15, 0.2) is 17.5 Å². The Morgan fingerprint density at radius 2 is 1.89 bits per heavy atom. The number of quaternary nitrogens is 1. The summed E-state index contributed by atoms with van der Waals surface area (Å²) in [5, 5.41) is 4.65. The lowest BCUT2D eigenvalue weighted by atomic mass is 10.0. The lowest BCUT2D eigenvalue weighted by molar-refractivity contribution is -0.959. The molecule has 7 heteroatoms. The van der Waals surface area contributed by atoms with Gasteiger partial charge in [-0.25, -0.2) is 9.67 Å². The zero-order chi connectivity index (χ0) is 18.9. The summed E-state index contributed by atoms with van der Waals surface area (Å²) in [6.07, 6.45) is 3.67. The number of benzene rings is 2. The molecule has 2 aromatic carbocycles. The lowest BCUT2D eigenvalue weighted by Crippen LogP contribution is -3.12. The van der Waals surface area contributed by atoms with E-state index in [1.807, 2.05) is 34.2 Å². The van der Waals surface area contributed by atoms with E-state index >= 15 is 0 Å². The van der Waals surface area contributed by atoms with Gasteiger partial charge in [-0.1, -0.05) is 42.5 Å². The standard InChI is InChI=1S/C21H21N5S2/c27-21-23-19(15-8-2-1-3-9-15)24-26(21)14-25-13-7-6-11-17(25)20-22-16-10-4-5-12-18(16)28-20/h1-5,8-10,12,17H,6-7,11,13-14H2,(H,23,24,27)/p+1/t17-/m0/s1. The van der Waals surface area contributed by atoms with Crippen molar-refractivity contribution in [2.24, 2.45) is 0 Å². The van der Waals surface area contributed by atoms with Gasteiger partial charge in [0.2, 0.25) is 4.77 Å². The topological polar surface area (TPSA) is 50.9 Å². The SMILES string of the molecule is S=c1nc(-c2ccccc2)[nH]n1C[NH+]1CCCC[C@H]1c1nc2ccccc2s1. The predicted octanol–water partition coefficient (Wildman–Crippen LogP) is 3.98. The van der Waals surface area contributed by atoms with Gasteiger partial charge in [0.05, 0.1) is 16.8 Å². The first-order valence-electron chi connectivity index (χ1n) is 9.70. The second kappa shape index (κ2) is 7.58. The molecule has 0 bridgehead atoms. The van der Waals surface area contributed by atoms with Crippen LogP contribution in [0, 0.1) is 4.77 Å². The molecule has 2 N–H and O–H groups in total. The van der Waals surface area contributed by atoms with Crippen LogP contribution in [-0.4, -0.2) is 26.3 Å². The van der Waals surface area contributed by atoms with Crippen molar-refractivity contribution in [3.05, 3.63) is 64.4 Å². The fraction of sp³-hybridized carbons (Fsp3) is 0.286. The minimum absolute atomic E-state index is 0.413. The fourth-order valence-corrected chi connectivity index (χ4v) is 5.36. The van der Waals surface area contributed by atoms with E-state index in [1.165, 1.54) is 33.9 Å². The highest BCUT2D eigenvalue weighted by molar-refractivity contribution is 7.71. The highest BCUT2D eigenvalue weighted by Gasteiger charge is 2.31. The normalized spacial score (nSPS) is 19.9. The molecule has 0 radical (unpaired) electrons. The second-order valence-electron chi connectivity index (χ2n) is 7.28. The molecular formula is C21H22N5S2+. The van der Waals surface area contributed by atoms with E-state index in [1.54, 1.807) is 0 Å². The van der Waals surface area contributed by atoms with Crippen LogP contribution in [0.25, 0.3) is 21.6 Å². The maximum Gasteiger partial charge on any atom is 0.221 e. The van der Waals surface area contributed by atoms with Crippen molar-refractivity contribution in [1.29, 1.82) is 0 Å². The maximum absolute atomic E-state index is 5.54. The van der Waals surface area contributed by atoms with Crippen molar-refractivity contribution in [1.82, 2.24) is 19.7 Å². The van der Waals surface area contributed by atoms with Crippen molar-refractivity contribution < 1.29 is 4.90 Å². The summed E-state index contributed by atoms with van der Waals surface area (Å²) in [6.45, 7) is 1.92. The summed E-state index contributed by atoms with van der Waals surface area (Å²) >= 11 is 7.37. The summed E-state index contributed by atoms with van der Waals surface area (Å²) in [7, 11) is 0. The smallest absolute Gasteiger partial charge is 0.221 e. The van der Waals surface area contributed by atoms with Crippen LogP contribution in [0.15, 0.2) is 54.6 Å². The van der Waals surface area contributed by atoms with E-state index in [9.17, 15) is 0 Å². The number of aromatic nitrogens is 4. The predicted molar refractivity (Wildman–Crippen MR) is 115 cm³/mol. The van der Waals surface area contributed by atoms with Gasteiger partial charge in [0, 0.05) is 12.0 Å². The van der Waals surface area contributed by atoms with Gasteiger partial charge in [-0.15, -0.1) is 11.3 Å². The number of fused-ring (bicyclic) bond motifs is 1. The molecule has 1 saturated heterocycles. The molecule has 142 valence electrons. The van der Waals surface area contributed by atoms with Gasteiger partial charge in [0.1, 0.15) is 6.04 Å². The Hall–Kier alpha value is -2.35. The molecule has 0 aliphatic carbocycles. The van der Waals surface area contributed by atoms with Crippen molar-refractivity contribution in [2.75, 3.05) is 6.54 Å². The lowest BCUT2D eigenvalue weighted by Gasteiger charge is -2.31. The van der Waals surface area contributed by atoms with Crippen molar-refractivity contribution >= 4 is 33.8 Å². The number of aromatic amines is 1. The van der Waals surface area contributed by atoms with E-state index < -0.39 is 0 Å². The number of thiazole rings is 1. The van der Waals surface area contributed by atoms with E-state index in [0.29, 0.717) is 10.8 Å². The first kappa shape index (κ1) is 17.7. The number of H-pyrrole nitrogens is 1. The van der Waals surface area contributed by atoms with E-state index in [0.717, 1.165) is 30.1 Å². The Labute approximate surface area is 172 Å². The molecule has 2 aromatic heterocycles. The number of nitrogens with zero attached hydrogens (tertiary/aromatic N) is 3. The summed E-state index contributed by atoms with van der Waals surface area (Å²) in [4.78, 5) is 11.0. The molecular weight excluding hydrogens is 386 g/mol. The summed E-state index contributed by atoms with van der Waals surface area (Å²) in [5.41, 5.74) is 2.17. The average Bonchev–Trinajstić information content (AvgIpc) is 3.33. The number of piperidine rings is 1. The fourth-order valence-electron chi connectivity index (χ4n) is 4.00. The van der Waals surface area contributed by atoms with Crippen LogP contribution < -0.4 is 4.90 Å². The van der Waals surface area contributed by atoms with Crippen LogP contribution in [0.1, 0.15) is 30.3 Å². The quantitative estimate of drug-likeness (QED) is 0.502. The van der Waals surface area contributed by atoms with Gasteiger partial charge in [0.25, 0.3) is 0 Å². The third-order valence-corrected chi connectivity index (χ3v) is 6.89. The van der Waals surface area contributed by atoms with Gasteiger partial charge in [-0.3, -0.25) is 5.10 Å². The number of rotatable bonds is 4. The van der Waals surface area contributed by atoms with Crippen LogP contribution in [-0.2, 0) is 6.67 Å². The first-order valence-corrected chi connectivity index (χ1v) is 10.9. The van der Waals surface area contributed by atoms with Crippen molar-refractivity contribution in [3.8, 4) is 11.4 Å². The molecule has 1 fully saturated rings. The Morgan fingerprint density at radius 1 is 1.07 bits per heavy atom. The number of nitrogens with one attached hydrogen (secondary N) is 2. The Kier molecular flexibility index (Phi) is 4.80. The summed E-state index contributed by atoms with van der Waals surface area (Å²) < 4.78 is 3.89. The van der Waals surface area contributed by atoms with E-state index in [-0.39, 0.29) is 0 Å². The third kappa shape index (κ3) is 3.41. The zero-order valence-corrected chi connectivity index (χ0v) is 17.1. The number of hydrogen-bond donors (Lipinski definition) is 2. The Morgan fingerprint density at radius 3 is 2.75 bits per heavy atom. The number of hydrogen-bond acceptors (Lipinski definition) is 4. The summed E-state index contributed by atoms with van der Waals surface area (Å²) in [6, 6.07) is 19.0. The van der Waals surface area contributed by atoms with Gasteiger partial charge >= 0.3 is 0 Å². The van der Waals surface area contributed by atoms with Crippen molar-refractivity contribution in [3.63, 3.8) is 0 Å². The van der Waals surface area contributed by atoms with Crippen LogP contribution in [0.2, 0.25) is 0 Å². The minimum Gasteiger partial charge on any atom is -0.308 e. The third-order valence-electron chi connectivity index (χ3n) is 5.43. The van der Waals surface area contributed by atoms with Crippen molar-refractivity contribution in [2.45, 2.75) is 32.0 Å². The van der Waals surface area contributed by atoms with Crippen LogP contribution in [0.5, 0.6) is 0 Å². The molecule has 5 nitrogen and oxygen atoms in total. The Balaban J connectivity index is 1.43. The Bertz CT molecular complexity index is 1110. The highest BCUT2D eigenvalue weighted by atomic mass is 32.1. The average molecular weight is 409 g/mol. The van der Waals surface area contributed by atoms with Crippen LogP contribution in [0.3, 0.4) is 0 Å². The molecule has 0 amide bonds. The molecule has 4 aromatic rings. The molecule has 0 spiro atoms. The monoisotopic (exact) mass is 408 g/mol. The molecule has 0 saturated carbocycles. The molecule has 1 unspecified atom stereocenters.